The van der Waals surface area contributed by atoms with Gasteiger partial charge in [-0.3, -0.25) is 9.69 Å². The topological polar surface area (TPSA) is 41.6 Å². The smallest absolute Gasteiger partial charge is 0.406 e. The lowest BCUT2D eigenvalue weighted by atomic mass is 10.1. The number of anilines is 1. The minimum atomic E-state index is -4.74. The molecule has 0 radical (unpaired) electrons. The van der Waals surface area contributed by atoms with Crippen LogP contribution in [-0.2, 0) is 17.9 Å². The molecule has 0 unspecified atom stereocenters. The molecule has 0 bridgehead atoms. The zero-order valence-corrected chi connectivity index (χ0v) is 12.6. The number of fused-ring (bicyclic) bond motifs is 1. The van der Waals surface area contributed by atoms with Crippen molar-refractivity contribution in [1.82, 2.24) is 4.90 Å². The molecule has 0 spiro atoms. The van der Waals surface area contributed by atoms with Crippen LogP contribution in [0.3, 0.4) is 0 Å². The molecule has 0 saturated carbocycles. The van der Waals surface area contributed by atoms with Gasteiger partial charge >= 0.3 is 6.36 Å². The molecular formula is C17H15F3N2O2. The fraction of sp³-hybridized carbons (Fsp3) is 0.235. The number of alkyl halides is 3. The minimum absolute atomic E-state index is 0.166. The maximum absolute atomic E-state index is 12.4. The van der Waals surface area contributed by atoms with E-state index < -0.39 is 6.36 Å². The van der Waals surface area contributed by atoms with E-state index in [9.17, 15) is 18.0 Å². The average molecular weight is 336 g/mol. The van der Waals surface area contributed by atoms with Crippen LogP contribution < -0.4 is 10.1 Å². The Balaban J connectivity index is 1.83. The molecule has 0 atom stereocenters. The summed E-state index contributed by atoms with van der Waals surface area (Å²) in [5.74, 6) is -0.494. The number of nitrogens with one attached hydrogen (secondary N) is 1. The van der Waals surface area contributed by atoms with Crippen molar-refractivity contribution in [1.29, 1.82) is 0 Å². The standard InChI is InChI=1S/C17H15F3N2O2/c18-17(19,20)24-14-6-7-15-13(8-14)10-22(11-16(23)21-15)9-12-4-2-1-3-5-12/h1-8H,9-11H2,(H,21,23). The van der Waals surface area contributed by atoms with Crippen molar-refractivity contribution in [3.05, 3.63) is 59.7 Å². The molecule has 4 nitrogen and oxygen atoms in total. The van der Waals surface area contributed by atoms with Gasteiger partial charge in [0, 0.05) is 18.8 Å². The number of hydrogen-bond donors (Lipinski definition) is 1. The van der Waals surface area contributed by atoms with E-state index in [1.165, 1.54) is 18.2 Å². The lowest BCUT2D eigenvalue weighted by Crippen LogP contribution is -2.29. The molecule has 1 aliphatic heterocycles. The molecule has 0 saturated heterocycles. The summed E-state index contributed by atoms with van der Waals surface area (Å²) in [6, 6.07) is 13.5. The summed E-state index contributed by atoms with van der Waals surface area (Å²) >= 11 is 0. The summed E-state index contributed by atoms with van der Waals surface area (Å²) in [7, 11) is 0. The van der Waals surface area contributed by atoms with E-state index in [0.29, 0.717) is 24.3 Å². The lowest BCUT2D eigenvalue weighted by molar-refractivity contribution is -0.274. The van der Waals surface area contributed by atoms with Crippen LogP contribution in [0.1, 0.15) is 11.1 Å². The molecule has 24 heavy (non-hydrogen) atoms. The summed E-state index contributed by atoms with van der Waals surface area (Å²) in [5.41, 5.74) is 2.11. The van der Waals surface area contributed by atoms with Gasteiger partial charge < -0.3 is 10.1 Å². The minimum Gasteiger partial charge on any atom is -0.406 e. The van der Waals surface area contributed by atoms with Gasteiger partial charge in [-0.1, -0.05) is 30.3 Å². The molecule has 2 aromatic rings. The number of carbonyl (C=O) groups excluding carboxylic acids is 1. The molecule has 1 heterocycles. The van der Waals surface area contributed by atoms with Crippen LogP contribution in [0.5, 0.6) is 5.75 Å². The van der Waals surface area contributed by atoms with Gasteiger partial charge in [0.1, 0.15) is 5.75 Å². The number of rotatable bonds is 3. The first-order chi connectivity index (χ1) is 11.4. The molecule has 126 valence electrons. The lowest BCUT2D eigenvalue weighted by Gasteiger charge is -2.19. The Morgan fingerprint density at radius 1 is 1.08 bits per heavy atom. The highest BCUT2D eigenvalue weighted by atomic mass is 19.4. The number of amides is 1. The summed E-state index contributed by atoms with van der Waals surface area (Å²) in [6.07, 6.45) is -4.74. The normalized spacial score (nSPS) is 15.4. The van der Waals surface area contributed by atoms with Crippen LogP contribution in [0.2, 0.25) is 0 Å². The molecule has 1 amide bonds. The van der Waals surface area contributed by atoms with Gasteiger partial charge in [0.2, 0.25) is 5.91 Å². The second-order valence-corrected chi connectivity index (χ2v) is 5.55. The Kier molecular flexibility index (Phi) is 4.44. The fourth-order valence-corrected chi connectivity index (χ4v) is 2.66. The van der Waals surface area contributed by atoms with Crippen molar-refractivity contribution in [2.45, 2.75) is 19.5 Å². The maximum Gasteiger partial charge on any atom is 0.573 e. The Labute approximate surface area is 136 Å². The first-order valence-electron chi connectivity index (χ1n) is 7.34. The van der Waals surface area contributed by atoms with Crippen LogP contribution in [0, 0.1) is 0 Å². The maximum atomic E-state index is 12.4. The van der Waals surface area contributed by atoms with Crippen LogP contribution in [0.15, 0.2) is 48.5 Å². The third-order valence-corrected chi connectivity index (χ3v) is 3.59. The van der Waals surface area contributed by atoms with Crippen molar-refractivity contribution < 1.29 is 22.7 Å². The van der Waals surface area contributed by atoms with Crippen molar-refractivity contribution in [3.63, 3.8) is 0 Å². The molecule has 0 aromatic heterocycles. The summed E-state index contributed by atoms with van der Waals surface area (Å²) in [6.45, 7) is 1.04. The van der Waals surface area contributed by atoms with Gasteiger partial charge in [-0.05, 0) is 29.3 Å². The van der Waals surface area contributed by atoms with E-state index in [1.807, 2.05) is 35.2 Å². The second-order valence-electron chi connectivity index (χ2n) is 5.55. The van der Waals surface area contributed by atoms with Crippen LogP contribution in [0.4, 0.5) is 18.9 Å². The predicted molar refractivity (Wildman–Crippen MR) is 82.3 cm³/mol. The van der Waals surface area contributed by atoms with Crippen molar-refractivity contribution in [2.75, 3.05) is 11.9 Å². The number of ether oxygens (including phenoxy) is 1. The highest BCUT2D eigenvalue weighted by molar-refractivity contribution is 5.93. The largest absolute Gasteiger partial charge is 0.573 e. The predicted octanol–water partition coefficient (Wildman–Crippen LogP) is 3.54. The molecule has 3 rings (SSSR count). The van der Waals surface area contributed by atoms with Crippen molar-refractivity contribution in [2.24, 2.45) is 0 Å². The van der Waals surface area contributed by atoms with Crippen LogP contribution in [0.25, 0.3) is 0 Å². The fourth-order valence-electron chi connectivity index (χ4n) is 2.66. The zero-order chi connectivity index (χ0) is 17.2. The van der Waals surface area contributed by atoms with E-state index in [4.69, 9.17) is 0 Å². The van der Waals surface area contributed by atoms with Crippen LogP contribution in [-0.4, -0.2) is 23.7 Å². The Morgan fingerprint density at radius 2 is 1.83 bits per heavy atom. The van der Waals surface area contributed by atoms with Gasteiger partial charge in [-0.25, -0.2) is 0 Å². The van der Waals surface area contributed by atoms with E-state index in [1.54, 1.807) is 0 Å². The molecule has 0 aliphatic carbocycles. The number of carbonyl (C=O) groups is 1. The molecule has 7 heteroatoms. The number of halogens is 3. The molecule has 0 fully saturated rings. The average Bonchev–Trinajstić information content (AvgIpc) is 2.64. The van der Waals surface area contributed by atoms with Crippen LogP contribution >= 0.6 is 0 Å². The van der Waals surface area contributed by atoms with E-state index in [0.717, 1.165) is 5.56 Å². The SMILES string of the molecule is O=C1CN(Cc2ccccc2)Cc2cc(OC(F)(F)F)ccc2N1. The monoisotopic (exact) mass is 336 g/mol. The van der Waals surface area contributed by atoms with Gasteiger partial charge in [0.15, 0.2) is 0 Å². The van der Waals surface area contributed by atoms with Crippen molar-refractivity contribution >= 4 is 11.6 Å². The van der Waals surface area contributed by atoms with Gasteiger partial charge in [-0.2, -0.15) is 0 Å². The summed E-state index contributed by atoms with van der Waals surface area (Å²) in [5, 5.41) is 2.71. The Morgan fingerprint density at radius 3 is 2.54 bits per heavy atom. The molecule has 2 aromatic carbocycles. The van der Waals surface area contributed by atoms with Crippen molar-refractivity contribution in [3.8, 4) is 5.75 Å². The van der Waals surface area contributed by atoms with Gasteiger partial charge in [-0.15, -0.1) is 13.2 Å². The highest BCUT2D eigenvalue weighted by Crippen LogP contribution is 2.29. The first kappa shape index (κ1) is 16.3. The van der Waals surface area contributed by atoms with Gasteiger partial charge in [0.05, 0.1) is 6.54 Å². The number of nitrogens with zero attached hydrogens (tertiary/aromatic N) is 1. The van der Waals surface area contributed by atoms with Gasteiger partial charge in [0.25, 0.3) is 0 Å². The number of benzene rings is 2. The quantitative estimate of drug-likeness (QED) is 0.932. The Bertz CT molecular complexity index is 732. The molecule has 1 N–H and O–H groups in total. The summed E-state index contributed by atoms with van der Waals surface area (Å²) < 4.78 is 41.1. The van der Waals surface area contributed by atoms with E-state index >= 15 is 0 Å². The third kappa shape index (κ3) is 4.26. The van der Waals surface area contributed by atoms with E-state index in [-0.39, 0.29) is 18.2 Å². The second kappa shape index (κ2) is 6.52. The molecule has 1 aliphatic rings. The Hall–Kier alpha value is -2.54. The third-order valence-electron chi connectivity index (χ3n) is 3.59. The zero-order valence-electron chi connectivity index (χ0n) is 12.6. The van der Waals surface area contributed by atoms with E-state index in [2.05, 4.69) is 10.1 Å². The number of hydrogen-bond acceptors (Lipinski definition) is 3. The first-order valence-corrected chi connectivity index (χ1v) is 7.34. The highest BCUT2D eigenvalue weighted by Gasteiger charge is 2.31. The summed E-state index contributed by atoms with van der Waals surface area (Å²) in [4.78, 5) is 13.9. The molecular weight excluding hydrogens is 321 g/mol.